The van der Waals surface area contributed by atoms with Gasteiger partial charge in [-0.1, -0.05) is 18.2 Å². The van der Waals surface area contributed by atoms with Crippen molar-refractivity contribution in [2.24, 2.45) is 7.05 Å². The second-order valence-electron chi connectivity index (χ2n) is 4.33. The molecule has 0 amide bonds. The molecule has 0 radical (unpaired) electrons. The van der Waals surface area contributed by atoms with Gasteiger partial charge in [-0.05, 0) is 13.1 Å². The summed E-state index contributed by atoms with van der Waals surface area (Å²) in [6, 6.07) is 8.48. The first-order chi connectivity index (χ1) is 8.81. The van der Waals surface area contributed by atoms with Crippen LogP contribution in [-0.2, 0) is 13.6 Å². The summed E-state index contributed by atoms with van der Waals surface area (Å²) in [6.07, 6.45) is 1.88. The Morgan fingerprint density at radius 1 is 1.33 bits per heavy atom. The molecule has 18 heavy (non-hydrogen) atoms. The molecule has 1 N–H and O–H groups in total. The van der Waals surface area contributed by atoms with Gasteiger partial charge in [0.2, 0.25) is 0 Å². The van der Waals surface area contributed by atoms with E-state index < -0.39 is 0 Å². The molecule has 0 unspecified atom stereocenters. The van der Waals surface area contributed by atoms with Gasteiger partial charge in [-0.2, -0.15) is 0 Å². The van der Waals surface area contributed by atoms with Crippen LogP contribution in [0.15, 0.2) is 36.0 Å². The molecule has 0 bridgehead atoms. The maximum absolute atomic E-state index is 4.56. The Labute approximate surface area is 110 Å². The van der Waals surface area contributed by atoms with Crippen molar-refractivity contribution >= 4 is 21.4 Å². The Kier molecular flexibility index (Phi) is 2.89. The van der Waals surface area contributed by atoms with Gasteiger partial charge in [0.15, 0.2) is 0 Å². The number of rotatable bonds is 3. The lowest BCUT2D eigenvalue weighted by Crippen LogP contribution is -2.09. The zero-order valence-electron chi connectivity index (χ0n) is 10.5. The lowest BCUT2D eigenvalue weighted by atomic mass is 10.1. The van der Waals surface area contributed by atoms with Gasteiger partial charge in [-0.15, -0.1) is 11.3 Å². The van der Waals surface area contributed by atoms with Gasteiger partial charge >= 0.3 is 0 Å². The normalized spacial score (nSPS) is 11.2. The van der Waals surface area contributed by atoms with Crippen molar-refractivity contribution in [1.29, 1.82) is 0 Å². The smallest absolute Gasteiger partial charge is 0.0953 e. The van der Waals surface area contributed by atoms with E-state index in [9.17, 15) is 0 Å². The van der Waals surface area contributed by atoms with Gasteiger partial charge in [0.25, 0.3) is 0 Å². The maximum Gasteiger partial charge on any atom is 0.0953 e. The van der Waals surface area contributed by atoms with Gasteiger partial charge in [0.05, 0.1) is 17.7 Å². The van der Waals surface area contributed by atoms with E-state index in [1.165, 1.54) is 21.3 Å². The fourth-order valence-electron chi connectivity index (χ4n) is 2.22. The number of hydrogen-bond donors (Lipinski definition) is 1. The third-order valence-electron chi connectivity index (χ3n) is 3.14. The van der Waals surface area contributed by atoms with Crippen LogP contribution in [-0.4, -0.2) is 16.6 Å². The predicted octanol–water partition coefficient (Wildman–Crippen LogP) is 3.02. The minimum atomic E-state index is 0.829. The SMILES string of the molecule is CNCc1c(-c2csc3ccccc23)ncn1C. The highest BCUT2D eigenvalue weighted by atomic mass is 32.1. The summed E-state index contributed by atoms with van der Waals surface area (Å²) in [6.45, 7) is 0.829. The maximum atomic E-state index is 4.56. The van der Waals surface area contributed by atoms with Crippen LogP contribution in [0.25, 0.3) is 21.3 Å². The van der Waals surface area contributed by atoms with Crippen LogP contribution in [0, 0.1) is 0 Å². The van der Waals surface area contributed by atoms with Crippen molar-refractivity contribution in [3.63, 3.8) is 0 Å². The number of fused-ring (bicyclic) bond motifs is 1. The Hall–Kier alpha value is -1.65. The van der Waals surface area contributed by atoms with Crippen LogP contribution in [0.2, 0.25) is 0 Å². The van der Waals surface area contributed by atoms with Crippen molar-refractivity contribution in [3.05, 3.63) is 41.7 Å². The lowest BCUT2D eigenvalue weighted by Gasteiger charge is -2.04. The number of aromatic nitrogens is 2. The van der Waals surface area contributed by atoms with Gasteiger partial charge in [0, 0.05) is 34.6 Å². The topological polar surface area (TPSA) is 29.9 Å². The van der Waals surface area contributed by atoms with E-state index in [0.29, 0.717) is 0 Å². The molecule has 2 aromatic heterocycles. The van der Waals surface area contributed by atoms with Gasteiger partial charge < -0.3 is 9.88 Å². The molecule has 1 aromatic carbocycles. The van der Waals surface area contributed by atoms with Gasteiger partial charge in [-0.3, -0.25) is 0 Å². The third kappa shape index (κ3) is 1.74. The van der Waals surface area contributed by atoms with Crippen molar-refractivity contribution in [2.45, 2.75) is 6.54 Å². The number of nitrogens with zero attached hydrogens (tertiary/aromatic N) is 2. The highest BCUT2D eigenvalue weighted by Gasteiger charge is 2.14. The van der Waals surface area contributed by atoms with E-state index >= 15 is 0 Å². The lowest BCUT2D eigenvalue weighted by molar-refractivity contribution is 0.735. The molecule has 0 atom stereocenters. The molecule has 92 valence electrons. The van der Waals surface area contributed by atoms with Crippen LogP contribution < -0.4 is 5.32 Å². The van der Waals surface area contributed by atoms with E-state index in [1.54, 1.807) is 11.3 Å². The number of imidazole rings is 1. The van der Waals surface area contributed by atoms with Crippen molar-refractivity contribution in [1.82, 2.24) is 14.9 Å². The first kappa shape index (κ1) is 11.4. The molecule has 0 aliphatic rings. The molecule has 0 saturated carbocycles. The van der Waals surface area contributed by atoms with Crippen LogP contribution in [0.4, 0.5) is 0 Å². The average molecular weight is 257 g/mol. The number of benzene rings is 1. The van der Waals surface area contributed by atoms with Crippen LogP contribution >= 0.6 is 11.3 Å². The van der Waals surface area contributed by atoms with E-state index in [2.05, 4.69) is 44.5 Å². The Bertz CT molecular complexity index is 681. The van der Waals surface area contributed by atoms with Crippen LogP contribution in [0.5, 0.6) is 0 Å². The van der Waals surface area contributed by atoms with Crippen molar-refractivity contribution in [3.8, 4) is 11.3 Å². The molecule has 0 aliphatic carbocycles. The standard InChI is InChI=1S/C14H15N3S/c1-15-7-12-14(16-9-17(12)2)11-8-18-13-6-4-3-5-10(11)13/h3-6,8-9,15H,7H2,1-2H3. The number of aryl methyl sites for hydroxylation is 1. The molecular weight excluding hydrogens is 242 g/mol. The summed E-state index contributed by atoms with van der Waals surface area (Å²) < 4.78 is 3.40. The fraction of sp³-hybridized carbons (Fsp3) is 0.214. The fourth-order valence-corrected chi connectivity index (χ4v) is 3.16. The molecule has 2 heterocycles. The molecule has 3 rings (SSSR count). The zero-order valence-corrected chi connectivity index (χ0v) is 11.3. The van der Waals surface area contributed by atoms with E-state index in [4.69, 9.17) is 0 Å². The monoisotopic (exact) mass is 257 g/mol. The summed E-state index contributed by atoms with van der Waals surface area (Å²) in [7, 11) is 4.00. The Balaban J connectivity index is 2.20. The highest BCUT2D eigenvalue weighted by Crippen LogP contribution is 2.34. The van der Waals surface area contributed by atoms with Gasteiger partial charge in [0.1, 0.15) is 0 Å². The zero-order chi connectivity index (χ0) is 12.5. The van der Waals surface area contributed by atoms with E-state index in [1.807, 2.05) is 20.4 Å². The van der Waals surface area contributed by atoms with E-state index in [0.717, 1.165) is 12.2 Å². The molecule has 3 nitrogen and oxygen atoms in total. The second-order valence-corrected chi connectivity index (χ2v) is 5.24. The van der Waals surface area contributed by atoms with Gasteiger partial charge in [-0.25, -0.2) is 4.98 Å². The summed E-state index contributed by atoms with van der Waals surface area (Å²) >= 11 is 1.78. The third-order valence-corrected chi connectivity index (χ3v) is 4.10. The molecule has 4 heteroatoms. The Morgan fingerprint density at radius 2 is 2.17 bits per heavy atom. The van der Waals surface area contributed by atoms with Crippen LogP contribution in [0.3, 0.4) is 0 Å². The number of thiophene rings is 1. The quantitative estimate of drug-likeness (QED) is 0.781. The molecule has 0 spiro atoms. The van der Waals surface area contributed by atoms with Crippen molar-refractivity contribution in [2.75, 3.05) is 7.05 Å². The summed E-state index contributed by atoms with van der Waals surface area (Å²) in [4.78, 5) is 4.56. The minimum Gasteiger partial charge on any atom is -0.336 e. The largest absolute Gasteiger partial charge is 0.336 e. The number of hydrogen-bond acceptors (Lipinski definition) is 3. The van der Waals surface area contributed by atoms with E-state index in [-0.39, 0.29) is 0 Å². The summed E-state index contributed by atoms with van der Waals surface area (Å²) in [5.74, 6) is 0. The molecule has 3 aromatic rings. The molecule has 0 saturated heterocycles. The molecular formula is C14H15N3S. The summed E-state index contributed by atoms with van der Waals surface area (Å²) in [5.41, 5.74) is 3.55. The second kappa shape index (κ2) is 4.55. The molecule has 0 aliphatic heterocycles. The summed E-state index contributed by atoms with van der Waals surface area (Å²) in [5, 5.41) is 6.69. The predicted molar refractivity (Wildman–Crippen MR) is 76.8 cm³/mol. The Morgan fingerprint density at radius 3 is 3.00 bits per heavy atom. The first-order valence-corrected chi connectivity index (χ1v) is 6.80. The first-order valence-electron chi connectivity index (χ1n) is 5.92. The average Bonchev–Trinajstić information content (AvgIpc) is 2.95. The van der Waals surface area contributed by atoms with Crippen molar-refractivity contribution < 1.29 is 0 Å². The molecule has 0 fully saturated rings. The van der Waals surface area contributed by atoms with Crippen LogP contribution in [0.1, 0.15) is 5.69 Å². The highest BCUT2D eigenvalue weighted by molar-refractivity contribution is 7.17. The minimum absolute atomic E-state index is 0.829. The number of nitrogens with one attached hydrogen (secondary N) is 1.